The Labute approximate surface area is 128 Å². The van der Waals surface area contributed by atoms with Gasteiger partial charge in [-0.15, -0.1) is 11.6 Å². The summed E-state index contributed by atoms with van der Waals surface area (Å²) in [7, 11) is 0. The summed E-state index contributed by atoms with van der Waals surface area (Å²) in [5.74, 6) is -9.88. The van der Waals surface area contributed by atoms with Gasteiger partial charge in [0.25, 0.3) is 0 Å². The van der Waals surface area contributed by atoms with Crippen molar-refractivity contribution in [3.8, 4) is 0 Å². The number of aliphatic carboxylic acids is 3. The summed E-state index contributed by atoms with van der Waals surface area (Å²) >= 11 is 11.6. The van der Waals surface area contributed by atoms with E-state index >= 15 is 0 Å². The Kier molecular flexibility index (Phi) is 3.92. The van der Waals surface area contributed by atoms with E-state index in [4.69, 9.17) is 23.2 Å². The predicted molar refractivity (Wildman–Crippen MR) is 69.0 cm³/mol. The zero-order chi connectivity index (χ0) is 16.1. The van der Waals surface area contributed by atoms with Crippen LogP contribution < -0.4 is 0 Å². The number of alkyl halides is 1. The van der Waals surface area contributed by atoms with Crippen LogP contribution in [0.2, 0.25) is 0 Å². The lowest BCUT2D eigenvalue weighted by Crippen LogP contribution is -2.53. The van der Waals surface area contributed by atoms with Crippen molar-refractivity contribution < 1.29 is 34.5 Å². The maximum atomic E-state index is 11.5. The van der Waals surface area contributed by atoms with Crippen LogP contribution in [0.15, 0.2) is 0 Å². The largest absolute Gasteiger partial charge is 0.481 e. The Morgan fingerprint density at radius 1 is 1.00 bits per heavy atom. The maximum absolute atomic E-state index is 11.5. The first-order valence-corrected chi connectivity index (χ1v) is 6.92. The van der Waals surface area contributed by atoms with Crippen LogP contribution >= 0.6 is 23.2 Å². The summed E-state index contributed by atoms with van der Waals surface area (Å²) in [6.45, 7) is 0. The van der Waals surface area contributed by atoms with Gasteiger partial charge in [0.2, 0.25) is 5.24 Å². The van der Waals surface area contributed by atoms with E-state index in [1.807, 2.05) is 0 Å². The van der Waals surface area contributed by atoms with E-state index in [0.29, 0.717) is 0 Å². The Hall–Kier alpha value is -1.34. The van der Waals surface area contributed by atoms with Gasteiger partial charge in [0, 0.05) is 6.42 Å². The summed E-state index contributed by atoms with van der Waals surface area (Å²) in [5.41, 5.74) is 0. The van der Waals surface area contributed by atoms with Gasteiger partial charge in [-0.25, -0.2) is 0 Å². The van der Waals surface area contributed by atoms with Gasteiger partial charge < -0.3 is 15.3 Å². The molecule has 0 aromatic rings. The molecule has 2 fully saturated rings. The number of fused-ring (bicyclic) bond motifs is 2. The molecular formula is C12H12Cl2O7. The summed E-state index contributed by atoms with van der Waals surface area (Å²) in [5, 5.41) is 26.9. The third-order valence-corrected chi connectivity index (χ3v) is 5.40. The summed E-state index contributed by atoms with van der Waals surface area (Å²) in [6, 6.07) is 0. The SMILES string of the molecule is O=C(Cl)CC1(Cl)C2CC(C(C(=O)O)C2C(=O)O)C1C(=O)O. The Morgan fingerprint density at radius 2 is 1.52 bits per heavy atom. The van der Waals surface area contributed by atoms with Gasteiger partial charge >= 0.3 is 17.9 Å². The van der Waals surface area contributed by atoms with Crippen LogP contribution in [0.4, 0.5) is 0 Å². The molecule has 9 heteroatoms. The monoisotopic (exact) mass is 338 g/mol. The quantitative estimate of drug-likeness (QED) is 0.501. The van der Waals surface area contributed by atoms with Crippen molar-refractivity contribution in [3.05, 3.63) is 0 Å². The normalized spacial score (nSPS) is 41.0. The second-order valence-electron chi connectivity index (χ2n) is 5.51. The number of carbonyl (C=O) groups excluding carboxylic acids is 1. The highest BCUT2D eigenvalue weighted by molar-refractivity contribution is 6.64. The number of carboxylic acids is 3. The van der Waals surface area contributed by atoms with Gasteiger partial charge in [0.1, 0.15) is 0 Å². The molecule has 0 aliphatic heterocycles. The lowest BCUT2D eigenvalue weighted by molar-refractivity contribution is -0.162. The minimum atomic E-state index is -1.66. The van der Waals surface area contributed by atoms with E-state index in [0.717, 1.165) is 0 Å². The number of rotatable bonds is 5. The van der Waals surface area contributed by atoms with Crippen molar-refractivity contribution in [1.82, 2.24) is 0 Å². The molecule has 0 spiro atoms. The fourth-order valence-corrected chi connectivity index (χ4v) is 4.92. The minimum Gasteiger partial charge on any atom is -0.481 e. The smallest absolute Gasteiger partial charge is 0.308 e. The average molecular weight is 339 g/mol. The first-order chi connectivity index (χ1) is 9.61. The molecule has 2 bridgehead atoms. The highest BCUT2D eigenvalue weighted by Gasteiger charge is 2.71. The van der Waals surface area contributed by atoms with Gasteiger partial charge in [-0.1, -0.05) is 0 Å². The van der Waals surface area contributed by atoms with Gasteiger partial charge in [0.15, 0.2) is 0 Å². The van der Waals surface area contributed by atoms with Crippen LogP contribution in [0.3, 0.4) is 0 Å². The van der Waals surface area contributed by atoms with E-state index in [1.165, 1.54) is 0 Å². The summed E-state index contributed by atoms with van der Waals surface area (Å²) in [4.78, 5) is 43.6. The predicted octanol–water partition coefficient (Wildman–Crippen LogP) is 0.872. The molecule has 0 amide bonds. The van der Waals surface area contributed by atoms with Gasteiger partial charge in [-0.3, -0.25) is 19.2 Å². The maximum Gasteiger partial charge on any atom is 0.308 e. The van der Waals surface area contributed by atoms with Crippen molar-refractivity contribution in [2.45, 2.75) is 17.7 Å². The molecule has 0 saturated heterocycles. The van der Waals surface area contributed by atoms with Crippen molar-refractivity contribution in [3.63, 3.8) is 0 Å². The molecule has 0 heterocycles. The fraction of sp³-hybridized carbons (Fsp3) is 0.667. The molecule has 2 aliphatic rings. The fourth-order valence-electron chi connectivity index (χ4n) is 4.03. The topological polar surface area (TPSA) is 129 Å². The third kappa shape index (κ3) is 2.28. The Morgan fingerprint density at radius 3 is 1.90 bits per heavy atom. The third-order valence-electron chi connectivity index (χ3n) is 4.62. The summed E-state index contributed by atoms with van der Waals surface area (Å²) in [6.07, 6.45) is -0.469. The molecule has 6 atom stereocenters. The second kappa shape index (κ2) is 5.14. The number of carboxylic acid groups (broad SMARTS) is 3. The Bertz CT molecular complexity index is 534. The zero-order valence-electron chi connectivity index (χ0n) is 10.5. The van der Waals surface area contributed by atoms with E-state index in [2.05, 4.69) is 0 Å². The second-order valence-corrected chi connectivity index (χ2v) is 6.63. The molecule has 0 radical (unpaired) electrons. The van der Waals surface area contributed by atoms with Crippen molar-refractivity contribution in [1.29, 1.82) is 0 Å². The molecule has 2 saturated carbocycles. The number of hydrogen-bond donors (Lipinski definition) is 3. The molecule has 2 aliphatic carbocycles. The van der Waals surface area contributed by atoms with Crippen LogP contribution in [0, 0.1) is 29.6 Å². The number of hydrogen-bond acceptors (Lipinski definition) is 4. The van der Waals surface area contributed by atoms with Crippen LogP contribution in [0.25, 0.3) is 0 Å². The van der Waals surface area contributed by atoms with Gasteiger partial charge in [-0.2, -0.15) is 0 Å². The zero-order valence-corrected chi connectivity index (χ0v) is 12.0. The van der Waals surface area contributed by atoms with Crippen LogP contribution in [-0.2, 0) is 19.2 Å². The van der Waals surface area contributed by atoms with E-state index < -0.39 is 64.0 Å². The lowest BCUT2D eigenvalue weighted by Gasteiger charge is -2.41. The molecule has 21 heavy (non-hydrogen) atoms. The van der Waals surface area contributed by atoms with Crippen LogP contribution in [0.5, 0.6) is 0 Å². The van der Waals surface area contributed by atoms with Crippen molar-refractivity contribution in [2.24, 2.45) is 29.6 Å². The molecule has 7 nitrogen and oxygen atoms in total. The van der Waals surface area contributed by atoms with Crippen LogP contribution in [0.1, 0.15) is 12.8 Å². The molecule has 6 unspecified atom stereocenters. The van der Waals surface area contributed by atoms with Gasteiger partial charge in [-0.05, 0) is 29.9 Å². The minimum absolute atomic E-state index is 0.0402. The van der Waals surface area contributed by atoms with E-state index in [1.54, 1.807) is 0 Å². The molecule has 0 aromatic carbocycles. The first kappa shape index (κ1) is 16.0. The van der Waals surface area contributed by atoms with Gasteiger partial charge in [0.05, 0.1) is 22.6 Å². The van der Waals surface area contributed by atoms with Crippen LogP contribution in [-0.4, -0.2) is 43.3 Å². The number of carbonyl (C=O) groups is 4. The molecule has 0 aromatic heterocycles. The molecule has 2 rings (SSSR count). The molecule has 116 valence electrons. The highest BCUT2D eigenvalue weighted by atomic mass is 35.5. The standard InChI is InChI=1S/C12H12Cl2O7/c13-5(15)2-12(14)4-1-3(8(12)11(20)21)6(9(16)17)7(4)10(18)19/h3-4,6-8H,1-2H2,(H,16,17)(H,18,19)(H,20,21). The van der Waals surface area contributed by atoms with E-state index in [-0.39, 0.29) is 6.42 Å². The summed E-state index contributed by atoms with van der Waals surface area (Å²) < 4.78 is 0. The number of halogens is 2. The molecular weight excluding hydrogens is 327 g/mol. The highest BCUT2D eigenvalue weighted by Crippen LogP contribution is 2.64. The van der Waals surface area contributed by atoms with E-state index in [9.17, 15) is 34.5 Å². The average Bonchev–Trinajstić information content (AvgIpc) is 2.79. The van der Waals surface area contributed by atoms with Crippen molar-refractivity contribution in [2.75, 3.05) is 0 Å². The first-order valence-electron chi connectivity index (χ1n) is 6.17. The Balaban J connectivity index is 2.50. The van der Waals surface area contributed by atoms with Crippen molar-refractivity contribution >= 4 is 46.4 Å². The molecule has 3 N–H and O–H groups in total. The lowest BCUT2D eigenvalue weighted by atomic mass is 9.66.